The van der Waals surface area contributed by atoms with E-state index < -0.39 is 0 Å². The van der Waals surface area contributed by atoms with Gasteiger partial charge < -0.3 is 5.32 Å². The summed E-state index contributed by atoms with van der Waals surface area (Å²) >= 11 is 0. The zero-order chi connectivity index (χ0) is 14.6. The average Bonchev–Trinajstić information content (AvgIpc) is 2.70. The van der Waals surface area contributed by atoms with Crippen LogP contribution in [-0.2, 0) is 12.1 Å². The lowest BCUT2D eigenvalue weighted by atomic mass is 9.93. The van der Waals surface area contributed by atoms with Gasteiger partial charge in [-0.2, -0.15) is 0 Å². The summed E-state index contributed by atoms with van der Waals surface area (Å²) in [5.41, 5.74) is 1.05. The van der Waals surface area contributed by atoms with Gasteiger partial charge in [0.15, 0.2) is 0 Å². The van der Waals surface area contributed by atoms with Gasteiger partial charge >= 0.3 is 0 Å². The molecule has 0 spiro atoms. The van der Waals surface area contributed by atoms with Gasteiger partial charge in [-0.05, 0) is 46.5 Å². The summed E-state index contributed by atoms with van der Waals surface area (Å²) < 4.78 is 1.94. The van der Waals surface area contributed by atoms with E-state index in [9.17, 15) is 0 Å². The second-order valence-corrected chi connectivity index (χ2v) is 7.25. The third-order valence-corrected chi connectivity index (χ3v) is 4.44. The van der Waals surface area contributed by atoms with E-state index >= 15 is 0 Å². The molecule has 0 radical (unpaired) electrons. The summed E-state index contributed by atoms with van der Waals surface area (Å²) in [6, 6.07) is 0.577. The van der Waals surface area contributed by atoms with E-state index in [0.29, 0.717) is 6.04 Å². The van der Waals surface area contributed by atoms with Gasteiger partial charge in [0.25, 0.3) is 0 Å². The largest absolute Gasteiger partial charge is 0.308 e. The van der Waals surface area contributed by atoms with Crippen molar-refractivity contribution in [2.75, 3.05) is 0 Å². The van der Waals surface area contributed by atoms with Gasteiger partial charge in [0, 0.05) is 12.6 Å². The monoisotopic (exact) mass is 278 g/mol. The van der Waals surface area contributed by atoms with E-state index in [-0.39, 0.29) is 5.54 Å². The molecular formula is C16H30N4. The molecule has 0 saturated heterocycles. The standard InChI is InChI=1S/C16H30N4/c1-13(14-9-7-5-6-8-10-14)17-11-15-12-20(19-18-15)16(2,3)4/h12-14,17H,5-11H2,1-4H3/t13-/m1/s1. The van der Waals surface area contributed by atoms with Crippen LogP contribution in [0.5, 0.6) is 0 Å². The molecule has 1 aromatic rings. The third-order valence-electron chi connectivity index (χ3n) is 4.44. The fourth-order valence-electron chi connectivity index (χ4n) is 2.95. The molecule has 0 amide bonds. The summed E-state index contributed by atoms with van der Waals surface area (Å²) in [6.45, 7) is 9.59. The van der Waals surface area contributed by atoms with Crippen LogP contribution >= 0.6 is 0 Å². The number of rotatable bonds is 4. The Labute approximate surface area is 123 Å². The highest BCUT2D eigenvalue weighted by Crippen LogP contribution is 2.25. The van der Waals surface area contributed by atoms with Crippen molar-refractivity contribution in [3.05, 3.63) is 11.9 Å². The Hall–Kier alpha value is -0.900. The zero-order valence-corrected chi connectivity index (χ0v) is 13.5. The summed E-state index contributed by atoms with van der Waals surface area (Å²) in [6.07, 6.45) is 10.5. The lowest BCUT2D eigenvalue weighted by Gasteiger charge is -2.23. The van der Waals surface area contributed by atoms with Crippen molar-refractivity contribution in [1.82, 2.24) is 20.3 Å². The molecule has 2 rings (SSSR count). The Balaban J connectivity index is 1.83. The van der Waals surface area contributed by atoms with E-state index in [1.807, 2.05) is 4.68 Å². The van der Waals surface area contributed by atoms with E-state index in [1.165, 1.54) is 38.5 Å². The van der Waals surface area contributed by atoms with Gasteiger partial charge in [-0.3, -0.25) is 0 Å². The number of nitrogens with one attached hydrogen (secondary N) is 1. The molecule has 4 heteroatoms. The van der Waals surface area contributed by atoms with Gasteiger partial charge in [-0.15, -0.1) is 5.10 Å². The molecule has 1 saturated carbocycles. The summed E-state index contributed by atoms with van der Waals surface area (Å²) in [5, 5.41) is 12.1. The topological polar surface area (TPSA) is 42.7 Å². The highest BCUT2D eigenvalue weighted by atomic mass is 15.4. The molecule has 1 aromatic heterocycles. The van der Waals surface area contributed by atoms with Gasteiger partial charge in [0.1, 0.15) is 0 Å². The fourth-order valence-corrected chi connectivity index (χ4v) is 2.95. The van der Waals surface area contributed by atoms with Crippen LogP contribution < -0.4 is 5.32 Å². The molecule has 0 bridgehead atoms. The lowest BCUT2D eigenvalue weighted by Crippen LogP contribution is -2.33. The van der Waals surface area contributed by atoms with Crippen molar-refractivity contribution in [3.8, 4) is 0 Å². The summed E-state index contributed by atoms with van der Waals surface area (Å²) in [4.78, 5) is 0. The van der Waals surface area contributed by atoms with E-state index in [2.05, 4.69) is 49.5 Å². The quantitative estimate of drug-likeness (QED) is 0.857. The lowest BCUT2D eigenvalue weighted by molar-refractivity contribution is 0.335. The van der Waals surface area contributed by atoms with Gasteiger partial charge in [0.2, 0.25) is 0 Å². The fraction of sp³-hybridized carbons (Fsp3) is 0.875. The molecule has 1 atom stereocenters. The minimum Gasteiger partial charge on any atom is -0.308 e. The maximum absolute atomic E-state index is 4.27. The van der Waals surface area contributed by atoms with Gasteiger partial charge in [-0.1, -0.05) is 30.9 Å². The van der Waals surface area contributed by atoms with Crippen molar-refractivity contribution in [2.24, 2.45) is 5.92 Å². The Morgan fingerprint density at radius 1 is 1.25 bits per heavy atom. The number of hydrogen-bond acceptors (Lipinski definition) is 3. The summed E-state index contributed by atoms with van der Waals surface area (Å²) in [7, 11) is 0. The minimum absolute atomic E-state index is 0.0121. The first-order valence-corrected chi connectivity index (χ1v) is 8.12. The van der Waals surface area contributed by atoms with E-state index in [4.69, 9.17) is 0 Å². The maximum Gasteiger partial charge on any atom is 0.0965 e. The van der Waals surface area contributed by atoms with Crippen LogP contribution in [0.2, 0.25) is 0 Å². The number of hydrogen-bond donors (Lipinski definition) is 1. The maximum atomic E-state index is 4.27. The molecule has 1 aliphatic rings. The average molecular weight is 278 g/mol. The number of nitrogens with zero attached hydrogens (tertiary/aromatic N) is 3. The zero-order valence-electron chi connectivity index (χ0n) is 13.5. The van der Waals surface area contributed by atoms with Crippen molar-refractivity contribution in [3.63, 3.8) is 0 Å². The molecule has 1 fully saturated rings. The Bertz CT molecular complexity index is 397. The SMILES string of the molecule is C[C@@H](NCc1cn(C(C)(C)C)nn1)C1CCCCCC1. The Morgan fingerprint density at radius 3 is 2.45 bits per heavy atom. The Kier molecular flexibility index (Phi) is 5.19. The normalized spacial score (nSPS) is 19.8. The van der Waals surface area contributed by atoms with Crippen LogP contribution in [0.15, 0.2) is 6.20 Å². The highest BCUT2D eigenvalue weighted by molar-refractivity contribution is 4.94. The van der Waals surface area contributed by atoms with Crippen LogP contribution in [0.3, 0.4) is 0 Å². The molecule has 1 aliphatic carbocycles. The third kappa shape index (κ3) is 4.30. The molecule has 4 nitrogen and oxygen atoms in total. The molecule has 114 valence electrons. The highest BCUT2D eigenvalue weighted by Gasteiger charge is 2.19. The van der Waals surface area contributed by atoms with E-state index in [1.54, 1.807) is 0 Å². The second-order valence-electron chi connectivity index (χ2n) is 7.25. The first-order chi connectivity index (χ1) is 9.47. The molecule has 1 heterocycles. The minimum atomic E-state index is 0.0121. The predicted molar refractivity (Wildman–Crippen MR) is 82.5 cm³/mol. The van der Waals surface area contributed by atoms with Crippen molar-refractivity contribution in [2.45, 2.75) is 84.3 Å². The van der Waals surface area contributed by atoms with Gasteiger partial charge in [-0.25, -0.2) is 4.68 Å². The molecule has 0 aliphatic heterocycles. The molecular weight excluding hydrogens is 248 g/mol. The first kappa shape index (κ1) is 15.5. The molecule has 0 aromatic carbocycles. The van der Waals surface area contributed by atoms with Crippen molar-refractivity contribution < 1.29 is 0 Å². The van der Waals surface area contributed by atoms with Crippen LogP contribution in [0.25, 0.3) is 0 Å². The molecule has 0 unspecified atom stereocenters. The van der Waals surface area contributed by atoms with Crippen molar-refractivity contribution >= 4 is 0 Å². The molecule has 1 N–H and O–H groups in total. The number of aromatic nitrogens is 3. The Morgan fingerprint density at radius 2 is 1.90 bits per heavy atom. The predicted octanol–water partition coefficient (Wildman–Crippen LogP) is 3.48. The van der Waals surface area contributed by atoms with Crippen molar-refractivity contribution in [1.29, 1.82) is 0 Å². The first-order valence-electron chi connectivity index (χ1n) is 8.12. The molecule has 20 heavy (non-hydrogen) atoms. The smallest absolute Gasteiger partial charge is 0.0965 e. The second kappa shape index (κ2) is 6.70. The van der Waals surface area contributed by atoms with Crippen LogP contribution in [0.4, 0.5) is 0 Å². The summed E-state index contributed by atoms with van der Waals surface area (Å²) in [5.74, 6) is 0.829. The van der Waals surface area contributed by atoms with Crippen LogP contribution in [-0.4, -0.2) is 21.0 Å². The van der Waals surface area contributed by atoms with Gasteiger partial charge in [0.05, 0.1) is 17.4 Å². The van der Waals surface area contributed by atoms with E-state index in [0.717, 1.165) is 18.2 Å². The van der Waals surface area contributed by atoms with Crippen LogP contribution in [0, 0.1) is 5.92 Å². The van der Waals surface area contributed by atoms with Crippen LogP contribution in [0.1, 0.15) is 71.9 Å².